The highest BCUT2D eigenvalue weighted by Crippen LogP contribution is 2.25. The Morgan fingerprint density at radius 3 is 2.60 bits per heavy atom. The van der Waals surface area contributed by atoms with Gasteiger partial charge in [-0.3, -0.25) is 4.79 Å². The first kappa shape index (κ1) is 22.2. The summed E-state index contributed by atoms with van der Waals surface area (Å²) in [7, 11) is 0. The molecule has 0 aromatic heterocycles. The summed E-state index contributed by atoms with van der Waals surface area (Å²) in [6.07, 6.45) is 2.70. The molecule has 162 valence electrons. The Bertz CT molecular complexity index is 847. The third-order valence-electron chi connectivity index (χ3n) is 6.05. The number of carbonyl (C=O) groups excluding carboxylic acids is 1. The van der Waals surface area contributed by atoms with E-state index in [1.54, 1.807) is 0 Å². The number of ether oxygens (including phenoxy) is 1. The quantitative estimate of drug-likeness (QED) is 0.651. The Kier molecular flexibility index (Phi) is 7.41. The molecule has 0 saturated carbocycles. The van der Waals surface area contributed by atoms with Crippen molar-refractivity contribution in [2.24, 2.45) is 5.92 Å². The molecule has 4 heteroatoms. The maximum Gasteiger partial charge on any atom is 0.261 e. The van der Waals surface area contributed by atoms with Crippen LogP contribution in [-0.2, 0) is 4.79 Å². The van der Waals surface area contributed by atoms with Crippen LogP contribution >= 0.6 is 0 Å². The lowest BCUT2D eigenvalue weighted by Gasteiger charge is -2.33. The van der Waals surface area contributed by atoms with E-state index >= 15 is 0 Å². The first-order chi connectivity index (χ1) is 14.4. The van der Waals surface area contributed by atoms with Gasteiger partial charge in [-0.1, -0.05) is 38.1 Å². The third-order valence-corrected chi connectivity index (χ3v) is 6.05. The number of piperidine rings is 1. The number of hydrogen-bond donors (Lipinski definition) is 1. The Labute approximate surface area is 181 Å². The van der Waals surface area contributed by atoms with Crippen molar-refractivity contribution >= 4 is 11.6 Å². The Balaban J connectivity index is 1.61. The molecule has 2 aromatic carbocycles. The molecule has 1 amide bonds. The van der Waals surface area contributed by atoms with Gasteiger partial charge < -0.3 is 15.0 Å². The fraction of sp³-hybridized carbons (Fsp3) is 0.500. The monoisotopic (exact) mass is 408 g/mol. The van der Waals surface area contributed by atoms with E-state index in [1.807, 2.05) is 39.8 Å². The molecule has 1 aliphatic heterocycles. The number of nitrogens with zero attached hydrogens (tertiary/aromatic N) is 1. The molecule has 0 aliphatic carbocycles. The molecule has 1 aliphatic rings. The second kappa shape index (κ2) is 10.0. The minimum Gasteiger partial charge on any atom is -0.480 e. The number of benzene rings is 2. The van der Waals surface area contributed by atoms with E-state index in [0.29, 0.717) is 6.42 Å². The fourth-order valence-electron chi connectivity index (χ4n) is 4.10. The summed E-state index contributed by atoms with van der Waals surface area (Å²) in [4.78, 5) is 15.3. The van der Waals surface area contributed by atoms with Crippen molar-refractivity contribution in [3.05, 3.63) is 59.2 Å². The SMILES string of the molecule is CC[C@H](Oc1cc(C)ccc1C)C(=O)N[C@H](C)c1ccc(N2CCC[C@H](C)C2)cc1. The normalized spacial score (nSPS) is 18.6. The van der Waals surface area contributed by atoms with E-state index < -0.39 is 6.10 Å². The van der Waals surface area contributed by atoms with Crippen LogP contribution in [0.2, 0.25) is 0 Å². The summed E-state index contributed by atoms with van der Waals surface area (Å²) < 4.78 is 6.06. The molecule has 3 atom stereocenters. The van der Waals surface area contributed by atoms with E-state index in [4.69, 9.17) is 4.74 Å². The highest BCUT2D eigenvalue weighted by atomic mass is 16.5. The summed E-state index contributed by atoms with van der Waals surface area (Å²) in [6.45, 7) is 12.6. The van der Waals surface area contributed by atoms with Crippen molar-refractivity contribution in [1.29, 1.82) is 0 Å². The maximum atomic E-state index is 12.9. The van der Waals surface area contributed by atoms with Crippen LogP contribution in [0.1, 0.15) is 62.8 Å². The van der Waals surface area contributed by atoms with Crippen molar-refractivity contribution in [2.45, 2.75) is 66.0 Å². The van der Waals surface area contributed by atoms with Crippen molar-refractivity contribution in [3.63, 3.8) is 0 Å². The van der Waals surface area contributed by atoms with Gasteiger partial charge in [0.2, 0.25) is 0 Å². The van der Waals surface area contributed by atoms with E-state index in [2.05, 4.69) is 47.5 Å². The summed E-state index contributed by atoms with van der Waals surface area (Å²) in [5.74, 6) is 1.46. The van der Waals surface area contributed by atoms with E-state index in [-0.39, 0.29) is 11.9 Å². The van der Waals surface area contributed by atoms with Crippen molar-refractivity contribution in [1.82, 2.24) is 5.32 Å². The lowest BCUT2D eigenvalue weighted by Crippen LogP contribution is -2.39. The zero-order valence-electron chi connectivity index (χ0n) is 19.1. The number of nitrogens with one attached hydrogen (secondary N) is 1. The summed E-state index contributed by atoms with van der Waals surface area (Å²) in [6, 6.07) is 14.6. The first-order valence-corrected chi connectivity index (χ1v) is 11.3. The molecule has 0 unspecified atom stereocenters. The third kappa shape index (κ3) is 5.56. The van der Waals surface area contributed by atoms with Gasteiger partial charge in [0.1, 0.15) is 5.75 Å². The van der Waals surface area contributed by atoms with E-state index in [9.17, 15) is 4.79 Å². The Morgan fingerprint density at radius 2 is 1.93 bits per heavy atom. The number of carbonyl (C=O) groups is 1. The second-order valence-electron chi connectivity index (χ2n) is 8.80. The Hall–Kier alpha value is -2.49. The van der Waals surface area contributed by atoms with Crippen LogP contribution < -0.4 is 15.0 Å². The van der Waals surface area contributed by atoms with Gasteiger partial charge >= 0.3 is 0 Å². The van der Waals surface area contributed by atoms with Crippen LogP contribution in [0.3, 0.4) is 0 Å². The molecule has 2 aromatic rings. The highest BCUT2D eigenvalue weighted by molar-refractivity contribution is 5.81. The zero-order chi connectivity index (χ0) is 21.7. The van der Waals surface area contributed by atoms with Crippen LogP contribution in [0.25, 0.3) is 0 Å². The van der Waals surface area contributed by atoms with Gasteiger partial charge in [0.05, 0.1) is 6.04 Å². The molecule has 1 fully saturated rings. The smallest absolute Gasteiger partial charge is 0.261 e. The predicted octanol–water partition coefficient (Wildman–Crippen LogP) is 5.57. The van der Waals surface area contributed by atoms with Gasteiger partial charge in [-0.05, 0) is 80.8 Å². The van der Waals surface area contributed by atoms with Gasteiger partial charge in [-0.2, -0.15) is 0 Å². The minimum absolute atomic E-state index is 0.0666. The molecule has 30 heavy (non-hydrogen) atoms. The summed E-state index contributed by atoms with van der Waals surface area (Å²) in [5.41, 5.74) is 4.55. The van der Waals surface area contributed by atoms with Gasteiger partial charge in [-0.25, -0.2) is 0 Å². The molecule has 4 nitrogen and oxygen atoms in total. The van der Waals surface area contributed by atoms with Gasteiger partial charge in [-0.15, -0.1) is 0 Å². The standard InChI is InChI=1S/C26H36N2O2/c1-6-24(30-25-16-18(2)9-10-20(25)4)26(29)27-21(5)22-11-13-23(14-12-22)28-15-7-8-19(3)17-28/h9-14,16,19,21,24H,6-8,15,17H2,1-5H3,(H,27,29)/t19-,21+,24-/m0/s1. The lowest BCUT2D eigenvalue weighted by molar-refractivity contribution is -0.128. The number of anilines is 1. The number of aryl methyl sites for hydroxylation is 2. The zero-order valence-corrected chi connectivity index (χ0v) is 19.1. The van der Waals surface area contributed by atoms with Crippen LogP contribution in [-0.4, -0.2) is 25.1 Å². The first-order valence-electron chi connectivity index (χ1n) is 11.3. The molecule has 1 heterocycles. The lowest BCUT2D eigenvalue weighted by atomic mass is 9.99. The summed E-state index contributed by atoms with van der Waals surface area (Å²) in [5, 5.41) is 3.13. The van der Waals surface area contributed by atoms with Gasteiger partial charge in [0.25, 0.3) is 5.91 Å². The molecule has 1 N–H and O–H groups in total. The molecule has 3 rings (SSSR count). The molecule has 1 saturated heterocycles. The van der Waals surface area contributed by atoms with Gasteiger partial charge in [0, 0.05) is 18.8 Å². The van der Waals surface area contributed by atoms with E-state index in [1.165, 1.54) is 18.5 Å². The topological polar surface area (TPSA) is 41.6 Å². The molecular formula is C26H36N2O2. The fourth-order valence-corrected chi connectivity index (χ4v) is 4.10. The largest absolute Gasteiger partial charge is 0.480 e. The predicted molar refractivity (Wildman–Crippen MR) is 124 cm³/mol. The minimum atomic E-state index is -0.498. The van der Waals surface area contributed by atoms with Crippen molar-refractivity contribution < 1.29 is 9.53 Å². The molecule has 0 radical (unpaired) electrons. The molecule has 0 bridgehead atoms. The molecular weight excluding hydrogens is 372 g/mol. The number of rotatable bonds is 7. The average molecular weight is 409 g/mol. The van der Waals surface area contributed by atoms with Crippen LogP contribution in [0, 0.1) is 19.8 Å². The van der Waals surface area contributed by atoms with Crippen molar-refractivity contribution in [3.8, 4) is 5.75 Å². The van der Waals surface area contributed by atoms with Crippen LogP contribution in [0.15, 0.2) is 42.5 Å². The highest BCUT2D eigenvalue weighted by Gasteiger charge is 2.22. The second-order valence-corrected chi connectivity index (χ2v) is 8.80. The summed E-state index contributed by atoms with van der Waals surface area (Å²) >= 11 is 0. The van der Waals surface area contributed by atoms with E-state index in [0.717, 1.165) is 41.4 Å². The number of hydrogen-bond acceptors (Lipinski definition) is 3. The van der Waals surface area contributed by atoms with Gasteiger partial charge in [0.15, 0.2) is 6.10 Å². The average Bonchev–Trinajstić information content (AvgIpc) is 2.74. The van der Waals surface area contributed by atoms with Crippen LogP contribution in [0.4, 0.5) is 5.69 Å². The Morgan fingerprint density at radius 1 is 1.20 bits per heavy atom. The number of amides is 1. The molecule has 0 spiro atoms. The van der Waals surface area contributed by atoms with Crippen molar-refractivity contribution in [2.75, 3.05) is 18.0 Å². The van der Waals surface area contributed by atoms with Crippen LogP contribution in [0.5, 0.6) is 5.75 Å². The maximum absolute atomic E-state index is 12.9.